The second-order valence-electron chi connectivity index (χ2n) is 7.82. The number of carboxylic acids is 1. The molecule has 0 heterocycles. The third-order valence-corrected chi connectivity index (χ3v) is 5.22. The number of ether oxygens (including phenoxy) is 2. The first kappa shape index (κ1) is 24.4. The lowest BCUT2D eigenvalue weighted by molar-refractivity contribution is -0.132. The second-order valence-corrected chi connectivity index (χ2v) is 7.82. The second kappa shape index (κ2) is 12.1. The van der Waals surface area contributed by atoms with Crippen LogP contribution in [0.25, 0.3) is 0 Å². The predicted molar refractivity (Wildman–Crippen MR) is 126 cm³/mol. The average molecular weight is 423 g/mol. The Morgan fingerprint density at radius 3 is 2.61 bits per heavy atom. The van der Waals surface area contributed by atoms with Gasteiger partial charge in [0.2, 0.25) is 0 Å². The van der Waals surface area contributed by atoms with E-state index in [1.165, 1.54) is 0 Å². The minimum absolute atomic E-state index is 0.0367. The lowest BCUT2D eigenvalue weighted by atomic mass is 9.92. The Morgan fingerprint density at radius 2 is 2.00 bits per heavy atom. The topological polar surface area (TPSA) is 55.8 Å². The van der Waals surface area contributed by atoms with Crippen LogP contribution in [-0.2, 0) is 9.53 Å². The number of carbonyl (C=O) groups is 1. The van der Waals surface area contributed by atoms with Gasteiger partial charge in [-0.15, -0.1) is 0 Å². The van der Waals surface area contributed by atoms with Crippen molar-refractivity contribution in [2.24, 2.45) is 5.92 Å². The van der Waals surface area contributed by atoms with E-state index in [1.807, 2.05) is 56.3 Å². The number of aryl methyl sites for hydroxylation is 1. The van der Waals surface area contributed by atoms with E-state index in [1.54, 1.807) is 6.08 Å². The summed E-state index contributed by atoms with van der Waals surface area (Å²) in [6, 6.07) is 7.76. The molecule has 0 bridgehead atoms. The molecule has 0 fully saturated rings. The van der Waals surface area contributed by atoms with Crippen LogP contribution in [0.3, 0.4) is 0 Å². The van der Waals surface area contributed by atoms with Gasteiger partial charge in [-0.1, -0.05) is 55.0 Å². The molecule has 1 aromatic rings. The van der Waals surface area contributed by atoms with E-state index in [-0.39, 0.29) is 18.4 Å². The van der Waals surface area contributed by atoms with Crippen LogP contribution in [0, 0.1) is 12.8 Å². The third kappa shape index (κ3) is 7.72. The van der Waals surface area contributed by atoms with Crippen molar-refractivity contribution in [3.8, 4) is 5.75 Å². The lowest BCUT2D eigenvalue weighted by Gasteiger charge is -2.19. The zero-order valence-corrected chi connectivity index (χ0v) is 19.2. The van der Waals surface area contributed by atoms with E-state index >= 15 is 0 Å². The van der Waals surface area contributed by atoms with Crippen LogP contribution in [0.15, 0.2) is 83.2 Å². The highest BCUT2D eigenvalue weighted by molar-refractivity contribution is 5.87. The molecule has 1 aliphatic carbocycles. The van der Waals surface area contributed by atoms with Crippen molar-refractivity contribution in [1.29, 1.82) is 0 Å². The fraction of sp³-hybridized carbons (Fsp3) is 0.370. The van der Waals surface area contributed by atoms with Crippen LogP contribution in [0.1, 0.15) is 46.1 Å². The Kier molecular flexibility index (Phi) is 9.54. The fourth-order valence-electron chi connectivity index (χ4n) is 3.21. The summed E-state index contributed by atoms with van der Waals surface area (Å²) >= 11 is 0. The molecule has 0 aliphatic heterocycles. The zero-order chi connectivity index (χ0) is 22.8. The average Bonchev–Trinajstić information content (AvgIpc) is 2.73. The first-order valence-electron chi connectivity index (χ1n) is 10.9. The maximum Gasteiger partial charge on any atom is 0.332 e. The van der Waals surface area contributed by atoms with Crippen molar-refractivity contribution in [3.63, 3.8) is 0 Å². The first-order valence-corrected chi connectivity index (χ1v) is 10.9. The van der Waals surface area contributed by atoms with Gasteiger partial charge in [-0.3, -0.25) is 0 Å². The summed E-state index contributed by atoms with van der Waals surface area (Å²) in [4.78, 5) is 11.6. The molecule has 0 saturated carbocycles. The van der Waals surface area contributed by atoms with E-state index in [9.17, 15) is 9.90 Å². The summed E-state index contributed by atoms with van der Waals surface area (Å²) in [6.07, 6.45) is 12.9. The lowest BCUT2D eigenvalue weighted by Crippen LogP contribution is -2.12. The monoisotopic (exact) mass is 422 g/mol. The van der Waals surface area contributed by atoms with Gasteiger partial charge < -0.3 is 14.6 Å². The molecule has 0 spiro atoms. The highest BCUT2D eigenvalue weighted by Crippen LogP contribution is 2.27. The highest BCUT2D eigenvalue weighted by atomic mass is 16.5. The summed E-state index contributed by atoms with van der Waals surface area (Å²) in [7, 11) is 0. The van der Waals surface area contributed by atoms with Crippen LogP contribution >= 0.6 is 0 Å². The molecular weight excluding hydrogens is 388 g/mol. The molecule has 0 amide bonds. The van der Waals surface area contributed by atoms with Crippen molar-refractivity contribution < 1.29 is 19.4 Å². The number of hydrogen-bond acceptors (Lipinski definition) is 3. The summed E-state index contributed by atoms with van der Waals surface area (Å²) in [5, 5.41) is 9.53. The molecule has 2 rings (SSSR count). The molecule has 0 radical (unpaired) electrons. The zero-order valence-electron chi connectivity index (χ0n) is 19.2. The molecule has 0 saturated heterocycles. The number of allylic oxidation sites excluding steroid dienone is 8. The quantitative estimate of drug-likeness (QED) is 0.458. The number of carboxylic acid groups (broad SMARTS) is 1. The van der Waals surface area contributed by atoms with Gasteiger partial charge >= 0.3 is 5.97 Å². The molecule has 0 aromatic heterocycles. The van der Waals surface area contributed by atoms with Gasteiger partial charge in [0, 0.05) is 24.5 Å². The summed E-state index contributed by atoms with van der Waals surface area (Å²) in [5.74, 6) is 0.337. The molecule has 31 heavy (non-hydrogen) atoms. The van der Waals surface area contributed by atoms with E-state index in [0.717, 1.165) is 29.7 Å². The van der Waals surface area contributed by atoms with E-state index < -0.39 is 5.97 Å². The van der Waals surface area contributed by atoms with Gasteiger partial charge in [-0.2, -0.15) is 0 Å². The summed E-state index contributed by atoms with van der Waals surface area (Å²) in [5.41, 5.74) is 3.69. The minimum atomic E-state index is -0.939. The Bertz CT molecular complexity index is 898. The van der Waals surface area contributed by atoms with Crippen molar-refractivity contribution >= 4 is 5.97 Å². The SMILES string of the molecule is C/C=C(\C=C(\C)C(C)OCCC)C1C=C/C=C(/C(=O)O)C/C(Oc2ccc(C)cc2)=C\1. The molecule has 166 valence electrons. The molecule has 1 aliphatic rings. The van der Waals surface area contributed by atoms with Gasteiger partial charge in [0.1, 0.15) is 11.5 Å². The van der Waals surface area contributed by atoms with Crippen LogP contribution in [0.2, 0.25) is 0 Å². The number of benzene rings is 1. The molecule has 2 unspecified atom stereocenters. The van der Waals surface area contributed by atoms with Crippen molar-refractivity contribution in [2.75, 3.05) is 6.61 Å². The minimum Gasteiger partial charge on any atom is -0.478 e. The summed E-state index contributed by atoms with van der Waals surface area (Å²) < 4.78 is 12.0. The van der Waals surface area contributed by atoms with Crippen LogP contribution in [0.5, 0.6) is 5.75 Å². The summed E-state index contributed by atoms with van der Waals surface area (Å²) in [6.45, 7) is 11.0. The highest BCUT2D eigenvalue weighted by Gasteiger charge is 2.17. The van der Waals surface area contributed by atoms with Gasteiger partial charge in [0.05, 0.1) is 6.10 Å². The van der Waals surface area contributed by atoms with Crippen molar-refractivity contribution in [2.45, 2.75) is 53.6 Å². The Morgan fingerprint density at radius 1 is 1.29 bits per heavy atom. The standard InChI is InChI=1S/C27H34O4/c1-6-15-30-21(5)20(4)16-22(7-2)23-9-8-10-24(27(28)29)18-26(17-23)31-25-13-11-19(3)12-14-25/h7-14,16-17,21,23H,6,15,18H2,1-5H3,(H,28,29)/b9-8?,20-16-,22-7+,24-10+,26-17+. The van der Waals surface area contributed by atoms with Gasteiger partial charge in [0.15, 0.2) is 0 Å². The molecule has 2 atom stereocenters. The van der Waals surface area contributed by atoms with E-state index in [2.05, 4.69) is 32.9 Å². The van der Waals surface area contributed by atoms with Crippen LogP contribution in [0.4, 0.5) is 0 Å². The van der Waals surface area contributed by atoms with Gasteiger partial charge in [0.25, 0.3) is 0 Å². The van der Waals surface area contributed by atoms with Crippen molar-refractivity contribution in [1.82, 2.24) is 0 Å². The van der Waals surface area contributed by atoms with Gasteiger partial charge in [-0.05, 0) is 63.5 Å². The number of hydrogen-bond donors (Lipinski definition) is 1. The molecule has 1 aromatic carbocycles. The van der Waals surface area contributed by atoms with Crippen LogP contribution in [-0.4, -0.2) is 23.8 Å². The normalized spacial score (nSPS) is 21.9. The Labute approximate surface area is 186 Å². The Balaban J connectivity index is 2.36. The van der Waals surface area contributed by atoms with Crippen molar-refractivity contribution in [3.05, 3.63) is 88.8 Å². The van der Waals surface area contributed by atoms with E-state index in [4.69, 9.17) is 9.47 Å². The first-order chi connectivity index (χ1) is 14.8. The molecule has 1 N–H and O–H groups in total. The fourth-order valence-corrected chi connectivity index (χ4v) is 3.21. The largest absolute Gasteiger partial charge is 0.478 e. The smallest absolute Gasteiger partial charge is 0.332 e. The maximum atomic E-state index is 11.6. The Hall–Kier alpha value is -2.85. The third-order valence-electron chi connectivity index (χ3n) is 5.22. The molecular formula is C27H34O4. The molecule has 4 nitrogen and oxygen atoms in total. The maximum absolute atomic E-state index is 11.6. The molecule has 4 heteroatoms. The number of rotatable bonds is 9. The number of aliphatic carboxylic acids is 1. The van der Waals surface area contributed by atoms with E-state index in [0.29, 0.717) is 17.1 Å². The van der Waals surface area contributed by atoms with Gasteiger partial charge in [-0.25, -0.2) is 4.79 Å². The predicted octanol–water partition coefficient (Wildman–Crippen LogP) is 6.55. The van der Waals surface area contributed by atoms with Crippen LogP contribution < -0.4 is 4.74 Å².